The number of likely N-dealkylation sites (tertiary alicyclic amines) is 1. The van der Waals surface area contributed by atoms with E-state index in [1.807, 2.05) is 30.5 Å². The molecule has 1 spiro atoms. The molecule has 2 saturated heterocycles. The van der Waals surface area contributed by atoms with E-state index in [0.29, 0.717) is 6.54 Å². The number of ether oxygens (including phenoxy) is 2. The van der Waals surface area contributed by atoms with E-state index in [0.717, 1.165) is 48.8 Å². The molecule has 0 aliphatic carbocycles. The van der Waals surface area contributed by atoms with E-state index >= 15 is 0 Å². The SMILES string of the molecule is COc1ccccc1-c1ncc(CN2CCC[C@]3(C2)CN(C)C(=O)O3)s1. The van der Waals surface area contributed by atoms with Gasteiger partial charge in [-0.25, -0.2) is 9.78 Å². The average Bonchev–Trinajstić information content (AvgIpc) is 3.19. The van der Waals surface area contributed by atoms with Crippen molar-refractivity contribution in [1.82, 2.24) is 14.8 Å². The number of thiazole rings is 1. The van der Waals surface area contributed by atoms with E-state index < -0.39 is 0 Å². The van der Waals surface area contributed by atoms with Gasteiger partial charge in [0.05, 0.1) is 19.2 Å². The summed E-state index contributed by atoms with van der Waals surface area (Å²) in [6.45, 7) is 3.31. The monoisotopic (exact) mass is 373 g/mol. The summed E-state index contributed by atoms with van der Waals surface area (Å²) in [6.07, 6.45) is 3.72. The second-order valence-corrected chi connectivity index (χ2v) is 8.17. The molecule has 0 bridgehead atoms. The molecule has 1 atom stereocenters. The van der Waals surface area contributed by atoms with Crippen LogP contribution >= 0.6 is 11.3 Å². The molecule has 6 nitrogen and oxygen atoms in total. The number of carbonyl (C=O) groups excluding carboxylic acids is 1. The normalized spacial score (nSPS) is 23.5. The molecule has 3 heterocycles. The molecule has 2 aromatic rings. The Morgan fingerprint density at radius 1 is 1.35 bits per heavy atom. The first-order chi connectivity index (χ1) is 12.6. The molecule has 0 N–H and O–H groups in total. The largest absolute Gasteiger partial charge is 0.496 e. The van der Waals surface area contributed by atoms with Gasteiger partial charge in [0.25, 0.3) is 0 Å². The molecule has 2 fully saturated rings. The van der Waals surface area contributed by atoms with Gasteiger partial charge in [-0.2, -0.15) is 0 Å². The predicted molar refractivity (Wildman–Crippen MR) is 100 cm³/mol. The Bertz CT molecular complexity index is 809. The number of piperidine rings is 1. The molecule has 2 aliphatic rings. The van der Waals surface area contributed by atoms with Crippen LogP contribution in [0, 0.1) is 0 Å². The molecule has 0 saturated carbocycles. The molecule has 1 aromatic heterocycles. The minimum absolute atomic E-state index is 0.205. The average molecular weight is 373 g/mol. The van der Waals surface area contributed by atoms with Crippen molar-refractivity contribution in [2.75, 3.05) is 33.8 Å². The van der Waals surface area contributed by atoms with Crippen LogP contribution in [0.3, 0.4) is 0 Å². The molecule has 0 radical (unpaired) electrons. The molecule has 26 heavy (non-hydrogen) atoms. The first-order valence-corrected chi connectivity index (χ1v) is 9.65. The lowest BCUT2D eigenvalue weighted by Crippen LogP contribution is -2.50. The van der Waals surface area contributed by atoms with Crippen molar-refractivity contribution in [3.8, 4) is 16.3 Å². The maximum atomic E-state index is 11.8. The highest BCUT2D eigenvalue weighted by molar-refractivity contribution is 7.15. The molecular formula is C19H23N3O3S. The van der Waals surface area contributed by atoms with Crippen molar-refractivity contribution >= 4 is 17.4 Å². The third kappa shape index (κ3) is 3.29. The van der Waals surface area contributed by atoms with E-state index in [1.165, 1.54) is 4.88 Å². The van der Waals surface area contributed by atoms with Crippen LogP contribution < -0.4 is 4.74 Å². The smallest absolute Gasteiger partial charge is 0.410 e. The zero-order valence-corrected chi connectivity index (χ0v) is 15.9. The van der Waals surface area contributed by atoms with E-state index in [2.05, 4.69) is 9.88 Å². The third-order valence-electron chi connectivity index (χ3n) is 5.03. The summed E-state index contributed by atoms with van der Waals surface area (Å²) in [7, 11) is 3.49. The fourth-order valence-corrected chi connectivity index (χ4v) is 4.86. The Kier molecular flexibility index (Phi) is 4.58. The van der Waals surface area contributed by atoms with Crippen molar-refractivity contribution in [3.05, 3.63) is 35.3 Å². The number of methoxy groups -OCH3 is 1. The zero-order chi connectivity index (χ0) is 18.1. The van der Waals surface area contributed by atoms with Crippen molar-refractivity contribution in [3.63, 3.8) is 0 Å². The first-order valence-electron chi connectivity index (χ1n) is 8.83. The molecule has 138 valence electrons. The van der Waals surface area contributed by atoms with Gasteiger partial charge in [-0.3, -0.25) is 4.90 Å². The Hall–Kier alpha value is -2.12. The van der Waals surface area contributed by atoms with E-state index in [9.17, 15) is 4.79 Å². The van der Waals surface area contributed by atoms with Gasteiger partial charge in [-0.05, 0) is 31.5 Å². The fraction of sp³-hybridized carbons (Fsp3) is 0.474. The molecular weight excluding hydrogens is 350 g/mol. The summed E-state index contributed by atoms with van der Waals surface area (Å²) < 4.78 is 11.1. The van der Waals surface area contributed by atoms with Crippen LogP contribution in [0.15, 0.2) is 30.5 Å². The topological polar surface area (TPSA) is 54.9 Å². The second kappa shape index (κ2) is 6.89. The molecule has 1 aromatic carbocycles. The Balaban J connectivity index is 1.47. The van der Waals surface area contributed by atoms with Gasteiger partial charge >= 0.3 is 6.09 Å². The van der Waals surface area contributed by atoms with Crippen LogP contribution in [0.1, 0.15) is 17.7 Å². The van der Waals surface area contributed by atoms with Crippen molar-refractivity contribution in [1.29, 1.82) is 0 Å². The minimum Gasteiger partial charge on any atom is -0.496 e. The molecule has 7 heteroatoms. The number of amides is 1. The summed E-state index contributed by atoms with van der Waals surface area (Å²) in [6, 6.07) is 7.95. The zero-order valence-electron chi connectivity index (χ0n) is 15.1. The van der Waals surface area contributed by atoms with Gasteiger partial charge in [0.1, 0.15) is 16.4 Å². The van der Waals surface area contributed by atoms with Crippen molar-refractivity contribution in [2.24, 2.45) is 0 Å². The number of likely N-dealkylation sites (N-methyl/N-ethyl adjacent to an activating group) is 1. The van der Waals surface area contributed by atoms with Gasteiger partial charge in [-0.15, -0.1) is 11.3 Å². The summed E-state index contributed by atoms with van der Waals surface area (Å²) in [5.74, 6) is 0.839. The maximum Gasteiger partial charge on any atom is 0.410 e. The summed E-state index contributed by atoms with van der Waals surface area (Å²) in [4.78, 5) is 21.6. The van der Waals surface area contributed by atoms with Gasteiger partial charge < -0.3 is 14.4 Å². The fourth-order valence-electron chi connectivity index (χ4n) is 3.88. The highest BCUT2D eigenvalue weighted by Gasteiger charge is 2.46. The number of nitrogens with zero attached hydrogens (tertiary/aromatic N) is 3. The van der Waals surface area contributed by atoms with Gasteiger partial charge in [0, 0.05) is 31.2 Å². The van der Waals surface area contributed by atoms with Crippen LogP contribution in [0.5, 0.6) is 5.75 Å². The number of hydrogen-bond acceptors (Lipinski definition) is 6. The van der Waals surface area contributed by atoms with Crippen LogP contribution in [0.4, 0.5) is 4.79 Å². The summed E-state index contributed by atoms with van der Waals surface area (Å²) >= 11 is 1.69. The Morgan fingerprint density at radius 3 is 2.96 bits per heavy atom. The van der Waals surface area contributed by atoms with Crippen LogP contribution in [-0.4, -0.2) is 60.3 Å². The quantitative estimate of drug-likeness (QED) is 0.824. The minimum atomic E-state index is -0.347. The number of aromatic nitrogens is 1. The van der Waals surface area contributed by atoms with E-state index in [1.54, 1.807) is 30.4 Å². The first kappa shape index (κ1) is 17.3. The lowest BCUT2D eigenvalue weighted by atomic mass is 9.93. The van der Waals surface area contributed by atoms with E-state index in [4.69, 9.17) is 9.47 Å². The van der Waals surface area contributed by atoms with Crippen LogP contribution in [0.2, 0.25) is 0 Å². The number of rotatable bonds is 4. The van der Waals surface area contributed by atoms with Gasteiger partial charge in [0.15, 0.2) is 0 Å². The number of carbonyl (C=O) groups is 1. The summed E-state index contributed by atoms with van der Waals surface area (Å²) in [5.41, 5.74) is 0.674. The lowest BCUT2D eigenvalue weighted by Gasteiger charge is -2.38. The molecule has 2 aliphatic heterocycles. The summed E-state index contributed by atoms with van der Waals surface area (Å²) in [5, 5.41) is 0.969. The molecule has 1 amide bonds. The third-order valence-corrected chi connectivity index (χ3v) is 6.05. The standard InChI is InChI=1S/C19H23N3O3S/c1-21-12-19(25-18(21)23)8-5-9-22(13-19)11-14-10-20-17(26-14)15-6-3-4-7-16(15)24-2/h3-4,6-7,10H,5,8-9,11-13H2,1-2H3/t19-/m1/s1. The molecule has 4 rings (SSSR count). The van der Waals surface area contributed by atoms with Crippen molar-refractivity contribution < 1.29 is 14.3 Å². The van der Waals surface area contributed by atoms with Crippen LogP contribution in [-0.2, 0) is 11.3 Å². The van der Waals surface area contributed by atoms with Gasteiger partial charge in [0.2, 0.25) is 0 Å². The highest BCUT2D eigenvalue weighted by Crippen LogP contribution is 2.35. The number of para-hydroxylation sites is 1. The number of benzene rings is 1. The van der Waals surface area contributed by atoms with E-state index in [-0.39, 0.29) is 11.7 Å². The van der Waals surface area contributed by atoms with Gasteiger partial charge in [-0.1, -0.05) is 12.1 Å². The van der Waals surface area contributed by atoms with Crippen LogP contribution in [0.25, 0.3) is 10.6 Å². The lowest BCUT2D eigenvalue weighted by molar-refractivity contribution is -0.0110. The van der Waals surface area contributed by atoms with Crippen molar-refractivity contribution in [2.45, 2.75) is 25.0 Å². The predicted octanol–water partition coefficient (Wildman–Crippen LogP) is 3.24. The number of hydrogen-bond donors (Lipinski definition) is 0. The Labute approximate surface area is 157 Å². The Morgan fingerprint density at radius 2 is 2.19 bits per heavy atom. The highest BCUT2D eigenvalue weighted by atomic mass is 32.1. The maximum absolute atomic E-state index is 11.8. The second-order valence-electron chi connectivity index (χ2n) is 7.05. The molecule has 0 unspecified atom stereocenters.